The highest BCUT2D eigenvalue weighted by molar-refractivity contribution is 5.98. The van der Waals surface area contributed by atoms with Gasteiger partial charge in [-0.25, -0.2) is 9.59 Å². The molecule has 0 radical (unpaired) electrons. The minimum atomic E-state index is -0.977. The van der Waals surface area contributed by atoms with Crippen molar-refractivity contribution in [1.29, 1.82) is 0 Å². The van der Waals surface area contributed by atoms with Crippen LogP contribution in [0.1, 0.15) is 22.6 Å². The van der Waals surface area contributed by atoms with Gasteiger partial charge in [-0.05, 0) is 22.8 Å². The van der Waals surface area contributed by atoms with Crippen molar-refractivity contribution in [1.82, 2.24) is 10.2 Å². The Balaban J connectivity index is 1.53. The van der Waals surface area contributed by atoms with Gasteiger partial charge in [-0.3, -0.25) is 4.79 Å². The van der Waals surface area contributed by atoms with Crippen molar-refractivity contribution >= 4 is 23.8 Å². The average molecular weight is 532 g/mol. The Morgan fingerprint density at radius 1 is 0.872 bits per heavy atom. The molecule has 1 saturated heterocycles. The SMILES string of the molecule is COC(=O)N[C@H](C(=O)Nc1ccccc1CCOC(=O)N1CCOCC1)C(c1ccccc1)c1ccccc1. The molecule has 1 aliphatic heterocycles. The van der Waals surface area contributed by atoms with Crippen molar-refractivity contribution in [3.8, 4) is 0 Å². The van der Waals surface area contributed by atoms with E-state index in [1.54, 1.807) is 11.0 Å². The number of alkyl carbamates (subject to hydrolysis) is 1. The third-order valence-corrected chi connectivity index (χ3v) is 6.53. The predicted octanol–water partition coefficient (Wildman–Crippen LogP) is 4.19. The molecule has 0 aromatic heterocycles. The zero-order valence-electron chi connectivity index (χ0n) is 21.9. The molecule has 1 aliphatic rings. The Bertz CT molecular complexity index is 1190. The molecule has 3 aromatic carbocycles. The van der Waals surface area contributed by atoms with Gasteiger partial charge in [0.25, 0.3) is 0 Å². The van der Waals surface area contributed by atoms with Crippen LogP contribution in [0.2, 0.25) is 0 Å². The number of morpholine rings is 1. The smallest absolute Gasteiger partial charge is 0.409 e. The molecule has 3 aromatic rings. The molecule has 1 fully saturated rings. The Morgan fingerprint density at radius 3 is 2.08 bits per heavy atom. The van der Waals surface area contributed by atoms with Crippen LogP contribution in [0.5, 0.6) is 0 Å². The summed E-state index contributed by atoms with van der Waals surface area (Å²) in [5, 5.41) is 5.72. The first-order chi connectivity index (χ1) is 19.1. The maximum atomic E-state index is 13.8. The standard InChI is InChI=1S/C30H33N3O6/c1-37-29(35)32-27(26(23-11-4-2-5-12-23)24-13-6-3-7-14-24)28(34)31-25-15-9-8-10-22(25)16-19-39-30(36)33-17-20-38-21-18-33/h2-15,26-27H,16-21H2,1H3,(H,31,34)(H,32,35)/t27-/m0/s1. The summed E-state index contributed by atoms with van der Waals surface area (Å²) in [5.74, 6) is -0.885. The second-order valence-electron chi connectivity index (χ2n) is 9.02. The van der Waals surface area contributed by atoms with Gasteiger partial charge in [-0.15, -0.1) is 0 Å². The van der Waals surface area contributed by atoms with Crippen molar-refractivity contribution in [3.05, 3.63) is 102 Å². The summed E-state index contributed by atoms with van der Waals surface area (Å²) in [6, 6.07) is 25.4. The molecule has 1 heterocycles. The lowest BCUT2D eigenvalue weighted by Crippen LogP contribution is -2.48. The maximum Gasteiger partial charge on any atom is 0.409 e. The molecule has 9 nitrogen and oxygen atoms in total. The number of para-hydroxylation sites is 1. The first-order valence-corrected chi connectivity index (χ1v) is 12.9. The first-order valence-electron chi connectivity index (χ1n) is 12.9. The fourth-order valence-corrected chi connectivity index (χ4v) is 4.54. The van der Waals surface area contributed by atoms with Crippen molar-refractivity contribution in [2.75, 3.05) is 45.3 Å². The number of ether oxygens (including phenoxy) is 3. The minimum Gasteiger partial charge on any atom is -0.453 e. The van der Waals surface area contributed by atoms with Crippen LogP contribution in [0.15, 0.2) is 84.9 Å². The normalized spacial score (nSPS) is 13.8. The van der Waals surface area contributed by atoms with E-state index in [2.05, 4.69) is 10.6 Å². The van der Waals surface area contributed by atoms with Gasteiger partial charge in [0.15, 0.2) is 0 Å². The number of carbonyl (C=O) groups excluding carboxylic acids is 3. The van der Waals surface area contributed by atoms with Gasteiger partial charge in [-0.2, -0.15) is 0 Å². The third kappa shape index (κ3) is 7.58. The van der Waals surface area contributed by atoms with E-state index in [1.807, 2.05) is 78.9 Å². The van der Waals surface area contributed by atoms with Crippen molar-refractivity contribution in [2.24, 2.45) is 0 Å². The molecule has 4 rings (SSSR count). The quantitative estimate of drug-likeness (QED) is 0.429. The first kappa shape index (κ1) is 27.7. The topological polar surface area (TPSA) is 106 Å². The summed E-state index contributed by atoms with van der Waals surface area (Å²) >= 11 is 0. The largest absolute Gasteiger partial charge is 0.453 e. The van der Waals surface area contributed by atoms with E-state index in [1.165, 1.54) is 7.11 Å². The third-order valence-electron chi connectivity index (χ3n) is 6.53. The summed E-state index contributed by atoms with van der Waals surface area (Å²) in [7, 11) is 1.26. The summed E-state index contributed by atoms with van der Waals surface area (Å²) in [5.41, 5.74) is 3.10. The van der Waals surface area contributed by atoms with Crippen LogP contribution in [0, 0.1) is 0 Å². The number of rotatable bonds is 9. The number of anilines is 1. The maximum absolute atomic E-state index is 13.8. The van der Waals surface area contributed by atoms with E-state index in [-0.39, 0.29) is 12.7 Å². The number of amides is 3. The molecule has 0 spiro atoms. The van der Waals surface area contributed by atoms with E-state index in [0.29, 0.717) is 38.4 Å². The van der Waals surface area contributed by atoms with Crippen LogP contribution >= 0.6 is 0 Å². The molecular weight excluding hydrogens is 498 g/mol. The Morgan fingerprint density at radius 2 is 1.46 bits per heavy atom. The lowest BCUT2D eigenvalue weighted by molar-refractivity contribution is -0.118. The molecular formula is C30H33N3O6. The van der Waals surface area contributed by atoms with E-state index >= 15 is 0 Å². The van der Waals surface area contributed by atoms with Gasteiger partial charge in [0.1, 0.15) is 6.04 Å². The van der Waals surface area contributed by atoms with Crippen LogP contribution in [-0.4, -0.2) is 69.1 Å². The Kier molecular flexibility index (Phi) is 9.91. The molecule has 2 N–H and O–H groups in total. The average Bonchev–Trinajstić information content (AvgIpc) is 2.99. The molecule has 0 bridgehead atoms. The van der Waals surface area contributed by atoms with Crippen LogP contribution < -0.4 is 10.6 Å². The summed E-state index contributed by atoms with van der Waals surface area (Å²) < 4.78 is 15.6. The number of hydrogen-bond donors (Lipinski definition) is 2. The molecule has 204 valence electrons. The second kappa shape index (κ2) is 14.0. The lowest BCUT2D eigenvalue weighted by Gasteiger charge is -2.28. The zero-order valence-corrected chi connectivity index (χ0v) is 21.9. The number of benzene rings is 3. The van der Waals surface area contributed by atoms with Gasteiger partial charge in [0.05, 0.1) is 26.9 Å². The van der Waals surface area contributed by atoms with E-state index in [4.69, 9.17) is 14.2 Å². The van der Waals surface area contributed by atoms with Crippen molar-refractivity contribution in [3.63, 3.8) is 0 Å². The molecule has 0 aliphatic carbocycles. The van der Waals surface area contributed by atoms with Crippen LogP contribution in [0.3, 0.4) is 0 Å². The fourth-order valence-electron chi connectivity index (χ4n) is 4.54. The van der Waals surface area contributed by atoms with E-state index in [0.717, 1.165) is 16.7 Å². The van der Waals surface area contributed by atoms with Crippen molar-refractivity contribution < 1.29 is 28.6 Å². The summed E-state index contributed by atoms with van der Waals surface area (Å²) in [4.78, 5) is 40.1. The minimum absolute atomic E-state index is 0.156. The zero-order chi connectivity index (χ0) is 27.5. The van der Waals surface area contributed by atoms with Gasteiger partial charge >= 0.3 is 12.2 Å². The van der Waals surface area contributed by atoms with E-state index in [9.17, 15) is 14.4 Å². The summed E-state index contributed by atoms with van der Waals surface area (Å²) in [6.45, 7) is 2.16. The predicted molar refractivity (Wildman–Crippen MR) is 147 cm³/mol. The number of nitrogens with one attached hydrogen (secondary N) is 2. The fraction of sp³-hybridized carbons (Fsp3) is 0.300. The Labute approximate surface area is 228 Å². The second-order valence-corrected chi connectivity index (χ2v) is 9.02. The monoisotopic (exact) mass is 531 g/mol. The van der Waals surface area contributed by atoms with Crippen molar-refractivity contribution in [2.45, 2.75) is 18.4 Å². The number of carbonyl (C=O) groups is 3. The van der Waals surface area contributed by atoms with Gasteiger partial charge < -0.3 is 29.7 Å². The molecule has 39 heavy (non-hydrogen) atoms. The number of methoxy groups -OCH3 is 1. The van der Waals surface area contributed by atoms with Gasteiger partial charge in [0, 0.05) is 31.1 Å². The number of nitrogens with zero attached hydrogens (tertiary/aromatic N) is 1. The van der Waals surface area contributed by atoms with Crippen LogP contribution in [0.4, 0.5) is 15.3 Å². The lowest BCUT2D eigenvalue weighted by atomic mass is 9.84. The number of hydrogen-bond acceptors (Lipinski definition) is 6. The molecule has 3 amide bonds. The highest BCUT2D eigenvalue weighted by Crippen LogP contribution is 2.29. The van der Waals surface area contributed by atoms with Crippen LogP contribution in [0.25, 0.3) is 0 Å². The van der Waals surface area contributed by atoms with Crippen LogP contribution in [-0.2, 0) is 25.4 Å². The molecule has 0 saturated carbocycles. The Hall–Kier alpha value is -4.37. The van der Waals surface area contributed by atoms with Gasteiger partial charge in [-0.1, -0.05) is 78.9 Å². The van der Waals surface area contributed by atoms with Gasteiger partial charge in [0.2, 0.25) is 5.91 Å². The summed E-state index contributed by atoms with van der Waals surface area (Å²) in [6.07, 6.45) is -0.686. The van der Waals surface area contributed by atoms with E-state index < -0.39 is 24.0 Å². The molecule has 0 unspecified atom stereocenters. The highest BCUT2D eigenvalue weighted by Gasteiger charge is 2.33. The molecule has 9 heteroatoms. The molecule has 1 atom stereocenters. The highest BCUT2D eigenvalue weighted by atomic mass is 16.6.